The van der Waals surface area contributed by atoms with E-state index >= 15 is 0 Å². The molecule has 0 spiro atoms. The van der Waals surface area contributed by atoms with Gasteiger partial charge in [0.15, 0.2) is 5.78 Å². The zero-order chi connectivity index (χ0) is 18.4. The molecule has 7 nitrogen and oxygen atoms in total. The van der Waals surface area contributed by atoms with E-state index in [1.807, 2.05) is 6.92 Å². The highest BCUT2D eigenvalue weighted by Gasteiger charge is 2.24. The van der Waals surface area contributed by atoms with E-state index in [0.29, 0.717) is 0 Å². The van der Waals surface area contributed by atoms with Crippen molar-refractivity contribution in [1.82, 2.24) is 3.97 Å². The fourth-order valence-electron chi connectivity index (χ4n) is 2.61. The number of nitro benzene ring substituents is 1. The average molecular weight is 358 g/mol. The van der Waals surface area contributed by atoms with Gasteiger partial charge in [-0.25, -0.2) is 12.4 Å². The Balaban J connectivity index is 2.31. The second-order valence-corrected chi connectivity index (χ2v) is 7.49. The third-order valence-electron chi connectivity index (χ3n) is 3.92. The fraction of sp³-hybridized carbons (Fsp3) is 0.118. The van der Waals surface area contributed by atoms with Crippen molar-refractivity contribution in [1.29, 1.82) is 0 Å². The Labute approximate surface area is 143 Å². The number of fused-ring (bicyclic) bond motifs is 1. The molecule has 0 unspecified atom stereocenters. The highest BCUT2D eigenvalue weighted by atomic mass is 32.2. The Hall–Kier alpha value is -3.00. The minimum absolute atomic E-state index is 0.0726. The van der Waals surface area contributed by atoms with Crippen LogP contribution < -0.4 is 0 Å². The molecule has 0 aliphatic rings. The molecule has 128 valence electrons. The molecule has 1 heterocycles. The van der Waals surface area contributed by atoms with Crippen molar-refractivity contribution in [2.24, 2.45) is 0 Å². The minimum atomic E-state index is -3.93. The summed E-state index contributed by atoms with van der Waals surface area (Å²) in [6.07, 6.45) is 1.21. The lowest BCUT2D eigenvalue weighted by atomic mass is 10.1. The summed E-state index contributed by atoms with van der Waals surface area (Å²) in [5.41, 5.74) is 1.04. The zero-order valence-electron chi connectivity index (χ0n) is 13.5. The van der Waals surface area contributed by atoms with E-state index in [2.05, 4.69) is 0 Å². The van der Waals surface area contributed by atoms with Crippen LogP contribution in [0.1, 0.15) is 22.8 Å². The molecule has 0 bridgehead atoms. The van der Waals surface area contributed by atoms with Crippen LogP contribution in [-0.4, -0.2) is 23.1 Å². The summed E-state index contributed by atoms with van der Waals surface area (Å²) in [5.74, 6) is -0.372. The first-order valence-corrected chi connectivity index (χ1v) is 8.78. The van der Waals surface area contributed by atoms with Crippen LogP contribution in [0, 0.1) is 17.0 Å². The number of aromatic nitrogens is 1. The molecule has 2 aromatic carbocycles. The molecule has 0 fully saturated rings. The fourth-order valence-corrected chi connectivity index (χ4v) is 3.97. The van der Waals surface area contributed by atoms with E-state index in [1.165, 1.54) is 43.5 Å². The summed E-state index contributed by atoms with van der Waals surface area (Å²) in [5, 5.41) is 11.2. The minimum Gasteiger partial charge on any atom is -0.294 e. The number of non-ortho nitro benzene ring substituents is 1. The molecule has 0 saturated heterocycles. The lowest BCUT2D eigenvalue weighted by Crippen LogP contribution is -2.12. The molecule has 0 aliphatic heterocycles. The molecule has 3 rings (SSSR count). The average Bonchev–Trinajstić information content (AvgIpc) is 2.94. The predicted octanol–water partition coefficient (Wildman–Crippen LogP) is 3.30. The van der Waals surface area contributed by atoms with Crippen molar-refractivity contribution in [3.05, 3.63) is 69.9 Å². The van der Waals surface area contributed by atoms with Gasteiger partial charge in [0.1, 0.15) is 0 Å². The van der Waals surface area contributed by atoms with E-state index in [1.54, 1.807) is 12.1 Å². The molecular weight excluding hydrogens is 344 g/mol. The first-order valence-electron chi connectivity index (χ1n) is 7.34. The molecule has 1 aromatic heterocycles. The van der Waals surface area contributed by atoms with Crippen LogP contribution in [-0.2, 0) is 10.0 Å². The third-order valence-corrected chi connectivity index (χ3v) is 5.61. The van der Waals surface area contributed by atoms with Gasteiger partial charge < -0.3 is 0 Å². The summed E-state index contributed by atoms with van der Waals surface area (Å²) in [7, 11) is -3.93. The molecule has 8 heteroatoms. The van der Waals surface area contributed by atoms with Gasteiger partial charge in [0.25, 0.3) is 15.7 Å². The van der Waals surface area contributed by atoms with Crippen molar-refractivity contribution < 1.29 is 18.1 Å². The summed E-state index contributed by atoms with van der Waals surface area (Å²) < 4.78 is 26.9. The maximum atomic E-state index is 12.9. The quantitative estimate of drug-likeness (QED) is 0.405. The van der Waals surface area contributed by atoms with E-state index in [9.17, 15) is 23.3 Å². The van der Waals surface area contributed by atoms with Gasteiger partial charge in [0, 0.05) is 29.3 Å². The maximum Gasteiger partial charge on any atom is 0.270 e. The van der Waals surface area contributed by atoms with Gasteiger partial charge >= 0.3 is 0 Å². The Morgan fingerprint density at radius 2 is 1.76 bits per heavy atom. The molecule has 25 heavy (non-hydrogen) atoms. The Morgan fingerprint density at radius 3 is 2.32 bits per heavy atom. The lowest BCUT2D eigenvalue weighted by Gasteiger charge is -2.07. The van der Waals surface area contributed by atoms with Crippen LogP contribution in [0.15, 0.2) is 53.6 Å². The highest BCUT2D eigenvalue weighted by Crippen LogP contribution is 2.29. The van der Waals surface area contributed by atoms with Gasteiger partial charge in [0.2, 0.25) is 0 Å². The van der Waals surface area contributed by atoms with Crippen LogP contribution >= 0.6 is 0 Å². The van der Waals surface area contributed by atoms with Crippen LogP contribution in [0.3, 0.4) is 0 Å². The lowest BCUT2D eigenvalue weighted by molar-refractivity contribution is -0.384. The zero-order valence-corrected chi connectivity index (χ0v) is 14.3. The van der Waals surface area contributed by atoms with Gasteiger partial charge in [-0.2, -0.15) is 0 Å². The molecule has 0 aliphatic carbocycles. The number of nitrogens with zero attached hydrogens (tertiary/aromatic N) is 2. The smallest absolute Gasteiger partial charge is 0.270 e. The summed E-state index contributed by atoms with van der Waals surface area (Å²) in [4.78, 5) is 22.3. The van der Waals surface area contributed by atoms with Crippen molar-refractivity contribution in [2.75, 3.05) is 0 Å². The molecule has 0 amide bonds. The summed E-state index contributed by atoms with van der Waals surface area (Å²) >= 11 is 0. The van der Waals surface area contributed by atoms with Crippen LogP contribution in [0.4, 0.5) is 5.69 Å². The number of rotatable bonds is 4. The first kappa shape index (κ1) is 16.8. The largest absolute Gasteiger partial charge is 0.294 e. The van der Waals surface area contributed by atoms with E-state index in [-0.39, 0.29) is 32.8 Å². The molecule has 0 atom stereocenters. The number of ketones is 1. The first-order chi connectivity index (χ1) is 11.7. The van der Waals surface area contributed by atoms with Crippen molar-refractivity contribution in [3.63, 3.8) is 0 Å². The van der Waals surface area contributed by atoms with Crippen LogP contribution in [0.5, 0.6) is 0 Å². The Bertz CT molecular complexity index is 1110. The van der Waals surface area contributed by atoms with E-state index in [0.717, 1.165) is 9.54 Å². The standard InChI is InChI=1S/C17H14N2O5S/c1-11-3-6-14(7-4-11)25(23,24)18-10-16(12(2)20)15-9-13(19(21)22)5-8-17(15)18/h3-10H,1-2H3. The van der Waals surface area contributed by atoms with Crippen molar-refractivity contribution in [2.45, 2.75) is 18.7 Å². The van der Waals surface area contributed by atoms with Crippen molar-refractivity contribution >= 4 is 32.4 Å². The molecule has 0 radical (unpaired) electrons. The topological polar surface area (TPSA) is 99.3 Å². The second kappa shape index (κ2) is 5.82. The van der Waals surface area contributed by atoms with Gasteiger partial charge in [-0.05, 0) is 32.0 Å². The number of Topliss-reactive ketones (excluding diaryl/α,β-unsaturated/α-hetero) is 1. The third kappa shape index (κ3) is 2.80. The van der Waals surface area contributed by atoms with E-state index < -0.39 is 14.9 Å². The SMILES string of the molecule is CC(=O)c1cn(S(=O)(=O)c2ccc(C)cc2)c2ccc([N+](=O)[O-])cc12. The number of carbonyl (C=O) groups is 1. The normalized spacial score (nSPS) is 11.6. The number of hydrogen-bond donors (Lipinski definition) is 0. The molecule has 0 saturated carbocycles. The van der Waals surface area contributed by atoms with Crippen LogP contribution in [0.25, 0.3) is 10.9 Å². The Kier molecular flexibility index (Phi) is 3.92. The number of carbonyl (C=O) groups excluding carboxylic acids is 1. The number of nitro groups is 1. The monoisotopic (exact) mass is 358 g/mol. The van der Waals surface area contributed by atoms with Gasteiger partial charge in [-0.1, -0.05) is 17.7 Å². The number of hydrogen-bond acceptors (Lipinski definition) is 5. The number of aryl methyl sites for hydroxylation is 1. The van der Waals surface area contributed by atoms with Gasteiger partial charge in [-0.3, -0.25) is 14.9 Å². The van der Waals surface area contributed by atoms with Gasteiger partial charge in [0.05, 0.1) is 15.3 Å². The Morgan fingerprint density at radius 1 is 1.12 bits per heavy atom. The summed E-state index contributed by atoms with van der Waals surface area (Å²) in [6.45, 7) is 3.13. The maximum absolute atomic E-state index is 12.9. The molecule has 0 N–H and O–H groups in total. The number of benzene rings is 2. The van der Waals surface area contributed by atoms with E-state index in [4.69, 9.17) is 0 Å². The summed E-state index contributed by atoms with van der Waals surface area (Å²) in [6, 6.07) is 10.1. The van der Waals surface area contributed by atoms with Crippen LogP contribution in [0.2, 0.25) is 0 Å². The van der Waals surface area contributed by atoms with Gasteiger partial charge in [-0.15, -0.1) is 0 Å². The molecule has 3 aromatic rings. The predicted molar refractivity (Wildman–Crippen MR) is 92.4 cm³/mol. The highest BCUT2D eigenvalue weighted by molar-refractivity contribution is 7.90. The molecular formula is C17H14N2O5S. The van der Waals surface area contributed by atoms with Crippen molar-refractivity contribution in [3.8, 4) is 0 Å². The second-order valence-electron chi connectivity index (χ2n) is 5.67.